The number of fused-ring (bicyclic) bond motifs is 4. The predicted octanol–water partition coefficient (Wildman–Crippen LogP) is 6.51. The van der Waals surface area contributed by atoms with E-state index >= 15 is 0 Å². The van der Waals surface area contributed by atoms with Crippen LogP contribution in [0.5, 0.6) is 0 Å². The van der Waals surface area contributed by atoms with Crippen molar-refractivity contribution in [3.05, 3.63) is 52.4 Å². The molecule has 5 rings (SSSR count). The first-order valence-electron chi connectivity index (χ1n) is 9.21. The molecular formula is C21H16BrFN2O2S2. The van der Waals surface area contributed by atoms with E-state index in [0.717, 1.165) is 42.5 Å². The fraction of sp³-hybridized carbons (Fsp3) is 0.238. The monoisotopic (exact) mass is 490 g/mol. The van der Waals surface area contributed by atoms with Crippen molar-refractivity contribution in [2.24, 2.45) is 5.92 Å². The maximum absolute atomic E-state index is 14.2. The molecule has 0 saturated heterocycles. The van der Waals surface area contributed by atoms with Crippen molar-refractivity contribution >= 4 is 66.1 Å². The topological polar surface area (TPSA) is 55.1 Å². The number of aromatic nitrogens is 2. The second-order valence-electron chi connectivity index (χ2n) is 7.22. The van der Waals surface area contributed by atoms with Crippen molar-refractivity contribution in [1.82, 2.24) is 9.55 Å². The Labute approximate surface area is 182 Å². The number of halogens is 2. The third kappa shape index (κ3) is 3.08. The van der Waals surface area contributed by atoms with Crippen LogP contribution in [0.2, 0.25) is 0 Å². The molecule has 2 unspecified atom stereocenters. The van der Waals surface area contributed by atoms with Gasteiger partial charge in [0.2, 0.25) is 0 Å². The van der Waals surface area contributed by atoms with Crippen LogP contribution in [0, 0.1) is 11.7 Å². The molecule has 148 valence electrons. The first-order chi connectivity index (χ1) is 13.9. The summed E-state index contributed by atoms with van der Waals surface area (Å²) in [4.78, 5) is 17.4. The van der Waals surface area contributed by atoms with Crippen molar-refractivity contribution in [2.75, 3.05) is 0 Å². The smallest absolute Gasteiger partial charge is 0.306 e. The molecule has 3 heterocycles. The van der Waals surface area contributed by atoms with Gasteiger partial charge in [-0.05, 0) is 46.6 Å². The lowest BCUT2D eigenvalue weighted by atomic mass is 9.90. The van der Waals surface area contributed by atoms with Gasteiger partial charge in [0.1, 0.15) is 5.82 Å². The number of benzene rings is 2. The van der Waals surface area contributed by atoms with Gasteiger partial charge in [-0.15, -0.1) is 11.3 Å². The molecule has 0 saturated carbocycles. The average Bonchev–Trinajstić information content (AvgIpc) is 3.35. The molecule has 8 heteroatoms. The molecule has 0 radical (unpaired) electrons. The second-order valence-corrected chi connectivity index (χ2v) is 10.4. The van der Waals surface area contributed by atoms with Crippen LogP contribution in [0.1, 0.15) is 25.0 Å². The van der Waals surface area contributed by atoms with Gasteiger partial charge in [-0.2, -0.15) is 0 Å². The molecule has 1 aliphatic heterocycles. The summed E-state index contributed by atoms with van der Waals surface area (Å²) in [5.74, 6) is -1.75. The van der Waals surface area contributed by atoms with E-state index in [1.165, 1.54) is 6.07 Å². The van der Waals surface area contributed by atoms with Crippen LogP contribution in [0.3, 0.4) is 0 Å². The molecule has 4 nitrogen and oxygen atoms in total. The highest BCUT2D eigenvalue weighted by molar-refractivity contribution is 9.10. The molecule has 0 bridgehead atoms. The lowest BCUT2D eigenvalue weighted by Crippen LogP contribution is -2.17. The average molecular weight is 491 g/mol. The van der Waals surface area contributed by atoms with E-state index in [9.17, 15) is 14.3 Å². The highest BCUT2D eigenvalue weighted by Gasteiger charge is 2.37. The normalized spacial score (nSPS) is 17.1. The largest absolute Gasteiger partial charge is 0.481 e. The number of carboxylic acids is 1. The molecule has 0 spiro atoms. The van der Waals surface area contributed by atoms with Crippen LogP contribution >= 0.6 is 39.0 Å². The number of thiazole rings is 1. The molecule has 0 aliphatic carbocycles. The summed E-state index contributed by atoms with van der Waals surface area (Å²) in [5, 5.41) is 10.5. The van der Waals surface area contributed by atoms with Gasteiger partial charge in [0.25, 0.3) is 0 Å². The molecule has 4 aromatic rings. The number of hydrogen-bond donors (Lipinski definition) is 1. The molecule has 1 aliphatic rings. The highest BCUT2D eigenvalue weighted by atomic mass is 79.9. The van der Waals surface area contributed by atoms with Gasteiger partial charge < -0.3 is 9.67 Å². The number of nitrogens with zero attached hydrogens (tertiary/aromatic N) is 2. The van der Waals surface area contributed by atoms with Crippen LogP contribution in [0.25, 0.3) is 21.1 Å². The molecule has 0 amide bonds. The lowest BCUT2D eigenvalue weighted by Gasteiger charge is -2.16. The zero-order chi connectivity index (χ0) is 20.3. The summed E-state index contributed by atoms with van der Waals surface area (Å²) in [5.41, 5.74) is 2.72. The van der Waals surface area contributed by atoms with Crippen molar-refractivity contribution in [3.63, 3.8) is 0 Å². The minimum atomic E-state index is -0.810. The number of aliphatic carboxylic acids is 1. The van der Waals surface area contributed by atoms with Crippen molar-refractivity contribution in [2.45, 2.75) is 35.0 Å². The Balaban J connectivity index is 1.72. The quantitative estimate of drug-likeness (QED) is 0.354. The molecule has 1 N–H and O–H groups in total. The zero-order valence-corrected chi connectivity index (χ0v) is 18.6. The Morgan fingerprint density at radius 3 is 2.97 bits per heavy atom. The summed E-state index contributed by atoms with van der Waals surface area (Å²) in [7, 11) is 0. The van der Waals surface area contributed by atoms with E-state index in [2.05, 4.69) is 20.5 Å². The first-order valence-corrected chi connectivity index (χ1v) is 11.6. The zero-order valence-electron chi connectivity index (χ0n) is 15.4. The summed E-state index contributed by atoms with van der Waals surface area (Å²) in [6.45, 7) is 2.44. The van der Waals surface area contributed by atoms with Crippen molar-refractivity contribution in [3.8, 4) is 0 Å². The van der Waals surface area contributed by atoms with Gasteiger partial charge in [0, 0.05) is 32.9 Å². The van der Waals surface area contributed by atoms with Crippen molar-refractivity contribution < 1.29 is 14.3 Å². The molecule has 0 fully saturated rings. The van der Waals surface area contributed by atoms with Crippen LogP contribution in [-0.2, 0) is 11.3 Å². The van der Waals surface area contributed by atoms with E-state index in [1.807, 2.05) is 24.3 Å². The SMILES string of the molecule is CC(C(=O)O)C1CCn2c1c(Sc1nc3ccccc3s1)c1c(Br)cc(F)cc12. The lowest BCUT2D eigenvalue weighted by molar-refractivity contribution is -0.141. The van der Waals surface area contributed by atoms with Gasteiger partial charge in [-0.3, -0.25) is 4.79 Å². The molecule has 2 aromatic heterocycles. The van der Waals surface area contributed by atoms with E-state index in [-0.39, 0.29) is 11.7 Å². The maximum Gasteiger partial charge on any atom is 0.306 e. The van der Waals surface area contributed by atoms with E-state index < -0.39 is 11.9 Å². The Hall–Kier alpha value is -1.90. The Bertz CT molecular complexity index is 1250. The molecular weight excluding hydrogens is 475 g/mol. The molecule has 29 heavy (non-hydrogen) atoms. The van der Waals surface area contributed by atoms with Gasteiger partial charge in [0.05, 0.1) is 21.7 Å². The minimum Gasteiger partial charge on any atom is -0.481 e. The Morgan fingerprint density at radius 1 is 1.41 bits per heavy atom. The van der Waals surface area contributed by atoms with Crippen LogP contribution in [0.4, 0.5) is 4.39 Å². The van der Waals surface area contributed by atoms with Crippen LogP contribution in [0.15, 0.2) is 50.1 Å². The summed E-state index contributed by atoms with van der Waals surface area (Å²) in [6.07, 6.45) is 0.736. The molecule has 2 aromatic carbocycles. The maximum atomic E-state index is 14.2. The number of hydrogen-bond acceptors (Lipinski definition) is 4. The number of carboxylic acid groups (broad SMARTS) is 1. The Kier molecular flexibility index (Phi) is 4.68. The Morgan fingerprint density at radius 2 is 2.21 bits per heavy atom. The van der Waals surface area contributed by atoms with E-state index in [0.29, 0.717) is 11.0 Å². The minimum absolute atomic E-state index is 0.119. The fourth-order valence-corrected chi connectivity index (χ4v) is 7.27. The summed E-state index contributed by atoms with van der Waals surface area (Å²) in [6, 6.07) is 11.0. The molecule has 2 atom stereocenters. The summed E-state index contributed by atoms with van der Waals surface area (Å²) >= 11 is 6.69. The fourth-order valence-electron chi connectivity index (χ4n) is 4.14. The predicted molar refractivity (Wildman–Crippen MR) is 117 cm³/mol. The van der Waals surface area contributed by atoms with Crippen LogP contribution in [-0.4, -0.2) is 20.6 Å². The second kappa shape index (κ2) is 7.11. The van der Waals surface area contributed by atoms with Gasteiger partial charge in [-0.1, -0.05) is 30.8 Å². The van der Waals surface area contributed by atoms with E-state index in [4.69, 9.17) is 4.98 Å². The van der Waals surface area contributed by atoms with Gasteiger partial charge in [0.15, 0.2) is 4.34 Å². The van der Waals surface area contributed by atoms with Crippen molar-refractivity contribution in [1.29, 1.82) is 0 Å². The first kappa shape index (κ1) is 19.1. The number of carbonyl (C=O) groups is 1. The van der Waals surface area contributed by atoms with E-state index in [1.54, 1.807) is 36.1 Å². The van der Waals surface area contributed by atoms with Gasteiger partial charge in [-0.25, -0.2) is 9.37 Å². The highest BCUT2D eigenvalue weighted by Crippen LogP contribution is 2.50. The number of aryl methyl sites for hydroxylation is 1. The number of rotatable bonds is 4. The third-order valence-electron chi connectivity index (χ3n) is 5.55. The standard InChI is InChI=1S/C21H16BrFN2O2S2/c1-10(20(26)27)12-6-7-25-15-9-11(23)8-13(22)17(15)19(18(12)25)29-21-24-14-4-2-3-5-16(14)28-21/h2-5,8-10,12H,6-7H2,1H3,(H,26,27). The van der Waals surface area contributed by atoms with Gasteiger partial charge >= 0.3 is 5.97 Å². The van der Waals surface area contributed by atoms with Crippen LogP contribution < -0.4 is 0 Å². The third-order valence-corrected chi connectivity index (χ3v) is 8.39. The number of para-hydroxylation sites is 1. The summed E-state index contributed by atoms with van der Waals surface area (Å²) < 4.78 is 18.9.